The van der Waals surface area contributed by atoms with Gasteiger partial charge in [0.2, 0.25) is 23.6 Å². The fraction of sp³-hybridized carbons (Fsp3) is 0.560. The smallest absolute Gasteiger partial charge is 0.326 e. The molecule has 4 amide bonds. The minimum Gasteiger partial charge on any atom is -0.508 e. The van der Waals surface area contributed by atoms with Crippen LogP contribution in [0.1, 0.15) is 52.5 Å². The van der Waals surface area contributed by atoms with Crippen molar-refractivity contribution in [2.75, 3.05) is 0 Å². The number of amides is 4. The number of carboxylic acids is 1. The van der Waals surface area contributed by atoms with Gasteiger partial charge in [-0.1, -0.05) is 46.2 Å². The fourth-order valence-corrected chi connectivity index (χ4v) is 3.58. The summed E-state index contributed by atoms with van der Waals surface area (Å²) >= 11 is 0. The molecule has 0 radical (unpaired) electrons. The zero-order chi connectivity index (χ0) is 28.3. The zero-order valence-corrected chi connectivity index (χ0v) is 21.7. The molecule has 0 spiro atoms. The first-order chi connectivity index (χ1) is 17.2. The molecule has 37 heavy (non-hydrogen) atoms. The predicted octanol–water partition coefficient (Wildman–Crippen LogP) is -0.231. The number of aromatic hydroxyl groups is 1. The van der Waals surface area contributed by atoms with Gasteiger partial charge in [0.15, 0.2) is 0 Å². The summed E-state index contributed by atoms with van der Waals surface area (Å²) in [5.74, 6) is -4.48. The molecule has 1 aromatic rings. The van der Waals surface area contributed by atoms with E-state index < -0.39 is 60.2 Å². The third kappa shape index (κ3) is 10.9. The molecule has 0 fully saturated rings. The number of nitrogens with two attached hydrogens (primary N) is 2. The van der Waals surface area contributed by atoms with Crippen molar-refractivity contribution >= 4 is 29.6 Å². The minimum absolute atomic E-state index is 0.0121. The number of aliphatic carboxylic acids is 1. The van der Waals surface area contributed by atoms with Crippen LogP contribution in [0.25, 0.3) is 0 Å². The van der Waals surface area contributed by atoms with E-state index >= 15 is 0 Å². The number of rotatable bonds is 15. The molecule has 0 saturated carbocycles. The number of carbonyl (C=O) groups excluding carboxylic acids is 4. The molecule has 0 bridgehead atoms. The summed E-state index contributed by atoms with van der Waals surface area (Å²) in [6, 6.07) is 1.28. The van der Waals surface area contributed by atoms with Gasteiger partial charge < -0.3 is 37.6 Å². The number of carboxylic acid groups (broad SMARTS) is 1. The summed E-state index contributed by atoms with van der Waals surface area (Å²) in [5, 5.41) is 26.7. The maximum absolute atomic E-state index is 13.3. The molecule has 12 nitrogen and oxygen atoms in total. The average molecular weight is 522 g/mol. The van der Waals surface area contributed by atoms with Gasteiger partial charge in [-0.3, -0.25) is 19.2 Å². The second-order valence-corrected chi connectivity index (χ2v) is 9.61. The van der Waals surface area contributed by atoms with Crippen LogP contribution in [0.15, 0.2) is 24.3 Å². The molecule has 5 atom stereocenters. The minimum atomic E-state index is -1.28. The van der Waals surface area contributed by atoms with Gasteiger partial charge in [-0.05, 0) is 36.0 Å². The second-order valence-electron chi connectivity index (χ2n) is 9.61. The topological polar surface area (TPSA) is 214 Å². The van der Waals surface area contributed by atoms with Gasteiger partial charge in [0.05, 0.1) is 12.5 Å². The van der Waals surface area contributed by atoms with Crippen LogP contribution in [0, 0.1) is 11.8 Å². The fourth-order valence-electron chi connectivity index (χ4n) is 3.58. The lowest BCUT2D eigenvalue weighted by molar-refractivity contribution is -0.144. The van der Waals surface area contributed by atoms with Crippen molar-refractivity contribution in [3.8, 4) is 5.75 Å². The van der Waals surface area contributed by atoms with E-state index in [9.17, 15) is 34.2 Å². The molecule has 1 rings (SSSR count). The van der Waals surface area contributed by atoms with Crippen molar-refractivity contribution in [3.63, 3.8) is 0 Å². The summed E-state index contributed by atoms with van der Waals surface area (Å²) in [6.45, 7) is 7.19. The lowest BCUT2D eigenvalue weighted by Gasteiger charge is -2.27. The van der Waals surface area contributed by atoms with Crippen LogP contribution in [-0.4, -0.2) is 64.0 Å². The number of carbonyl (C=O) groups is 5. The first-order valence-corrected chi connectivity index (χ1v) is 12.2. The number of hydrogen-bond acceptors (Lipinski definition) is 7. The maximum Gasteiger partial charge on any atom is 0.326 e. The van der Waals surface area contributed by atoms with Gasteiger partial charge in [0.1, 0.15) is 23.9 Å². The van der Waals surface area contributed by atoms with Gasteiger partial charge in [-0.25, -0.2) is 4.79 Å². The lowest BCUT2D eigenvalue weighted by Crippen LogP contribution is -2.58. The van der Waals surface area contributed by atoms with E-state index in [1.807, 2.05) is 13.8 Å². The third-order valence-electron chi connectivity index (χ3n) is 5.88. The third-order valence-corrected chi connectivity index (χ3v) is 5.88. The molecule has 5 unspecified atom stereocenters. The van der Waals surface area contributed by atoms with Crippen LogP contribution < -0.4 is 27.4 Å². The van der Waals surface area contributed by atoms with Crippen LogP contribution in [0.2, 0.25) is 0 Å². The largest absolute Gasteiger partial charge is 0.508 e. The van der Waals surface area contributed by atoms with Crippen molar-refractivity contribution in [3.05, 3.63) is 29.8 Å². The molecule has 0 aromatic heterocycles. The highest BCUT2D eigenvalue weighted by molar-refractivity contribution is 5.95. The van der Waals surface area contributed by atoms with Crippen molar-refractivity contribution in [2.45, 2.75) is 77.5 Å². The summed E-state index contributed by atoms with van der Waals surface area (Å²) in [6.07, 6.45) is 0.294. The number of primary amides is 1. The zero-order valence-electron chi connectivity index (χ0n) is 21.7. The Morgan fingerprint density at radius 3 is 1.92 bits per heavy atom. The summed E-state index contributed by atoms with van der Waals surface area (Å²) in [4.78, 5) is 61.7. The van der Waals surface area contributed by atoms with E-state index in [4.69, 9.17) is 11.5 Å². The number of hydrogen-bond donors (Lipinski definition) is 7. The molecule has 0 heterocycles. The van der Waals surface area contributed by atoms with Crippen LogP contribution >= 0.6 is 0 Å². The molecule has 0 aliphatic carbocycles. The summed E-state index contributed by atoms with van der Waals surface area (Å²) in [7, 11) is 0. The molecule has 0 aliphatic heterocycles. The molecule has 12 heteroatoms. The first kappa shape index (κ1) is 31.4. The molecular weight excluding hydrogens is 482 g/mol. The highest BCUT2D eigenvalue weighted by Crippen LogP contribution is 2.14. The monoisotopic (exact) mass is 521 g/mol. The predicted molar refractivity (Wildman–Crippen MR) is 136 cm³/mol. The van der Waals surface area contributed by atoms with Crippen LogP contribution in [-0.2, 0) is 30.4 Å². The Balaban J connectivity index is 3.17. The van der Waals surface area contributed by atoms with E-state index in [1.165, 1.54) is 12.1 Å². The van der Waals surface area contributed by atoms with E-state index in [0.29, 0.717) is 12.0 Å². The van der Waals surface area contributed by atoms with Crippen LogP contribution in [0.4, 0.5) is 0 Å². The van der Waals surface area contributed by atoms with Crippen molar-refractivity contribution < 1.29 is 34.2 Å². The van der Waals surface area contributed by atoms with E-state index in [-0.39, 0.29) is 30.4 Å². The van der Waals surface area contributed by atoms with E-state index in [2.05, 4.69) is 16.0 Å². The normalized spacial score (nSPS) is 15.1. The van der Waals surface area contributed by atoms with Crippen molar-refractivity contribution in [1.29, 1.82) is 0 Å². The quantitative estimate of drug-likeness (QED) is 0.163. The van der Waals surface area contributed by atoms with E-state index in [1.54, 1.807) is 26.0 Å². The first-order valence-electron chi connectivity index (χ1n) is 12.2. The SMILES string of the molecule is CCC(C)C(NC(=O)C(CC(C)C)NC(=O)C(Cc1ccc(O)cc1)NC(=O)C(N)CC(N)=O)C(=O)O. The van der Waals surface area contributed by atoms with E-state index in [0.717, 1.165) is 0 Å². The average Bonchev–Trinajstić information content (AvgIpc) is 2.81. The molecule has 206 valence electrons. The molecule has 0 saturated heterocycles. The number of benzene rings is 1. The van der Waals surface area contributed by atoms with Gasteiger partial charge >= 0.3 is 5.97 Å². The van der Waals surface area contributed by atoms with Crippen LogP contribution in [0.3, 0.4) is 0 Å². The number of phenols is 1. The van der Waals surface area contributed by atoms with Crippen molar-refractivity contribution in [1.82, 2.24) is 16.0 Å². The highest BCUT2D eigenvalue weighted by Gasteiger charge is 2.32. The standard InChI is InChI=1S/C25H39N5O7/c1-5-14(4)21(25(36)37)30-24(35)18(10-13(2)3)29-23(34)19(11-15-6-8-16(31)9-7-15)28-22(33)17(26)12-20(27)32/h6-9,13-14,17-19,21,31H,5,10-12,26H2,1-4H3,(H2,27,32)(H,28,33)(H,29,34)(H,30,35)(H,36,37). The van der Waals surface area contributed by atoms with Gasteiger partial charge in [-0.2, -0.15) is 0 Å². The van der Waals surface area contributed by atoms with Crippen molar-refractivity contribution in [2.24, 2.45) is 23.3 Å². The molecule has 0 aliphatic rings. The maximum atomic E-state index is 13.3. The summed E-state index contributed by atoms with van der Waals surface area (Å²) in [5.41, 5.74) is 11.4. The molecule has 1 aromatic carbocycles. The Morgan fingerprint density at radius 2 is 1.43 bits per heavy atom. The van der Waals surface area contributed by atoms with Gasteiger partial charge in [0, 0.05) is 6.42 Å². The Hall–Kier alpha value is -3.67. The highest BCUT2D eigenvalue weighted by atomic mass is 16.4. The Bertz CT molecular complexity index is 951. The van der Waals surface area contributed by atoms with Gasteiger partial charge in [0.25, 0.3) is 0 Å². The lowest BCUT2D eigenvalue weighted by atomic mass is 9.97. The second kappa shape index (κ2) is 14.8. The Morgan fingerprint density at radius 1 is 0.892 bits per heavy atom. The molecule has 9 N–H and O–H groups in total. The number of nitrogens with one attached hydrogen (secondary N) is 3. The Kier molecular flexibility index (Phi) is 12.5. The van der Waals surface area contributed by atoms with Gasteiger partial charge in [-0.15, -0.1) is 0 Å². The van der Waals surface area contributed by atoms with Crippen LogP contribution in [0.5, 0.6) is 5.75 Å². The Labute approximate surface area is 216 Å². The number of phenolic OH excluding ortho intramolecular Hbond substituents is 1. The summed E-state index contributed by atoms with van der Waals surface area (Å²) < 4.78 is 0. The molecular formula is C25H39N5O7.